The number of carbonyl (C=O) groups excluding carboxylic acids is 1. The molecule has 2 rings (SSSR count). The molecule has 1 heterocycles. The van der Waals surface area contributed by atoms with Crippen molar-refractivity contribution in [3.63, 3.8) is 0 Å². The standard InChI is InChI=1S/C14H14O2S/c1-9-7-10(2)13(11(3)8-9)16-14(15)12-5-4-6-17-12/h4-8H,1-3H3. The second kappa shape index (κ2) is 4.72. The fourth-order valence-electron chi connectivity index (χ4n) is 1.87. The third-order valence-electron chi connectivity index (χ3n) is 2.52. The third kappa shape index (κ3) is 2.56. The van der Waals surface area contributed by atoms with Gasteiger partial charge in [0, 0.05) is 0 Å². The second-order valence-corrected chi connectivity index (χ2v) is 5.04. The minimum Gasteiger partial charge on any atom is -0.422 e. The summed E-state index contributed by atoms with van der Waals surface area (Å²) in [4.78, 5) is 12.5. The van der Waals surface area contributed by atoms with Gasteiger partial charge < -0.3 is 4.74 Å². The number of esters is 1. The van der Waals surface area contributed by atoms with Crippen LogP contribution < -0.4 is 4.74 Å². The van der Waals surface area contributed by atoms with Crippen LogP contribution in [0.15, 0.2) is 29.6 Å². The van der Waals surface area contributed by atoms with Crippen LogP contribution in [0.2, 0.25) is 0 Å². The molecule has 0 aliphatic carbocycles. The molecule has 17 heavy (non-hydrogen) atoms. The van der Waals surface area contributed by atoms with Crippen LogP contribution >= 0.6 is 11.3 Å². The summed E-state index contributed by atoms with van der Waals surface area (Å²) >= 11 is 1.39. The van der Waals surface area contributed by atoms with Crippen LogP contribution in [0.4, 0.5) is 0 Å². The van der Waals surface area contributed by atoms with Crippen LogP contribution in [0.5, 0.6) is 5.75 Å². The number of thiophene rings is 1. The highest BCUT2D eigenvalue weighted by Crippen LogP contribution is 2.26. The molecule has 0 N–H and O–H groups in total. The van der Waals surface area contributed by atoms with E-state index in [0.29, 0.717) is 10.6 Å². The van der Waals surface area contributed by atoms with Gasteiger partial charge in [0.2, 0.25) is 0 Å². The van der Waals surface area contributed by atoms with Crippen molar-refractivity contribution in [2.24, 2.45) is 0 Å². The quantitative estimate of drug-likeness (QED) is 0.593. The first-order valence-electron chi connectivity index (χ1n) is 5.41. The Labute approximate surface area is 105 Å². The van der Waals surface area contributed by atoms with E-state index in [2.05, 4.69) is 0 Å². The summed E-state index contributed by atoms with van der Waals surface area (Å²) in [6.07, 6.45) is 0. The van der Waals surface area contributed by atoms with Crippen LogP contribution in [-0.4, -0.2) is 5.97 Å². The van der Waals surface area contributed by atoms with Crippen molar-refractivity contribution in [1.82, 2.24) is 0 Å². The summed E-state index contributed by atoms with van der Waals surface area (Å²) in [5.74, 6) is 0.393. The molecule has 0 aliphatic rings. The predicted molar refractivity (Wildman–Crippen MR) is 69.9 cm³/mol. The predicted octanol–water partition coefficient (Wildman–Crippen LogP) is 3.89. The van der Waals surface area contributed by atoms with Gasteiger partial charge in [-0.3, -0.25) is 0 Å². The van der Waals surface area contributed by atoms with Gasteiger partial charge in [-0.2, -0.15) is 0 Å². The maximum Gasteiger partial charge on any atom is 0.353 e. The zero-order valence-electron chi connectivity index (χ0n) is 10.1. The maximum atomic E-state index is 11.9. The number of rotatable bonds is 2. The number of hydrogen-bond donors (Lipinski definition) is 0. The van der Waals surface area contributed by atoms with Crippen molar-refractivity contribution < 1.29 is 9.53 Å². The molecule has 0 aliphatic heterocycles. The highest BCUT2D eigenvalue weighted by Gasteiger charge is 2.13. The summed E-state index contributed by atoms with van der Waals surface area (Å²) < 4.78 is 5.45. The molecular weight excluding hydrogens is 232 g/mol. The van der Waals surface area contributed by atoms with E-state index in [1.165, 1.54) is 16.9 Å². The summed E-state index contributed by atoms with van der Waals surface area (Å²) in [7, 11) is 0. The van der Waals surface area contributed by atoms with Gasteiger partial charge in [-0.25, -0.2) is 4.79 Å². The lowest BCUT2D eigenvalue weighted by Crippen LogP contribution is -2.08. The Balaban J connectivity index is 2.28. The topological polar surface area (TPSA) is 26.3 Å². The molecule has 0 spiro atoms. The van der Waals surface area contributed by atoms with E-state index in [1.807, 2.05) is 44.4 Å². The van der Waals surface area contributed by atoms with E-state index >= 15 is 0 Å². The molecule has 0 bridgehead atoms. The maximum absolute atomic E-state index is 11.9. The van der Waals surface area contributed by atoms with Gasteiger partial charge in [0.05, 0.1) is 0 Å². The van der Waals surface area contributed by atoms with Gasteiger partial charge in [-0.05, 0) is 43.3 Å². The van der Waals surface area contributed by atoms with Crippen molar-refractivity contribution in [2.75, 3.05) is 0 Å². The van der Waals surface area contributed by atoms with Gasteiger partial charge in [-0.15, -0.1) is 11.3 Å². The Morgan fingerprint density at radius 1 is 1.18 bits per heavy atom. The van der Waals surface area contributed by atoms with Crippen LogP contribution in [0.25, 0.3) is 0 Å². The first kappa shape index (κ1) is 11.9. The van der Waals surface area contributed by atoms with E-state index < -0.39 is 0 Å². The molecule has 0 fully saturated rings. The largest absolute Gasteiger partial charge is 0.422 e. The number of hydrogen-bond acceptors (Lipinski definition) is 3. The van der Waals surface area contributed by atoms with Gasteiger partial charge in [0.1, 0.15) is 10.6 Å². The zero-order valence-corrected chi connectivity index (χ0v) is 10.9. The fraction of sp³-hybridized carbons (Fsp3) is 0.214. The number of benzene rings is 1. The smallest absolute Gasteiger partial charge is 0.353 e. The minimum atomic E-state index is -0.282. The Morgan fingerprint density at radius 3 is 2.35 bits per heavy atom. The molecule has 3 heteroatoms. The van der Waals surface area contributed by atoms with E-state index in [9.17, 15) is 4.79 Å². The van der Waals surface area contributed by atoms with Crippen molar-refractivity contribution in [3.05, 3.63) is 51.2 Å². The number of carbonyl (C=O) groups is 1. The van der Waals surface area contributed by atoms with Crippen molar-refractivity contribution >= 4 is 17.3 Å². The fourth-order valence-corrected chi connectivity index (χ4v) is 2.46. The molecule has 88 valence electrons. The van der Waals surface area contributed by atoms with Gasteiger partial charge >= 0.3 is 5.97 Å². The average molecular weight is 246 g/mol. The van der Waals surface area contributed by atoms with Crippen LogP contribution in [0.1, 0.15) is 26.4 Å². The van der Waals surface area contributed by atoms with Crippen LogP contribution in [-0.2, 0) is 0 Å². The summed E-state index contributed by atoms with van der Waals surface area (Å²) in [5, 5.41) is 1.87. The van der Waals surface area contributed by atoms with Gasteiger partial charge in [0.25, 0.3) is 0 Å². The van der Waals surface area contributed by atoms with E-state index in [-0.39, 0.29) is 5.97 Å². The van der Waals surface area contributed by atoms with Crippen LogP contribution in [0.3, 0.4) is 0 Å². The lowest BCUT2D eigenvalue weighted by atomic mass is 10.1. The lowest BCUT2D eigenvalue weighted by molar-refractivity contribution is 0.0737. The van der Waals surface area contributed by atoms with Gasteiger partial charge in [-0.1, -0.05) is 23.8 Å². The highest BCUT2D eigenvalue weighted by molar-refractivity contribution is 7.12. The molecule has 2 aromatic rings. The normalized spacial score (nSPS) is 10.3. The third-order valence-corrected chi connectivity index (χ3v) is 3.37. The molecular formula is C14H14O2S. The number of ether oxygens (including phenoxy) is 1. The molecule has 0 amide bonds. The zero-order chi connectivity index (χ0) is 12.4. The average Bonchev–Trinajstić information content (AvgIpc) is 2.76. The molecule has 1 aromatic carbocycles. The monoisotopic (exact) mass is 246 g/mol. The second-order valence-electron chi connectivity index (χ2n) is 4.09. The van der Waals surface area contributed by atoms with Crippen molar-refractivity contribution in [1.29, 1.82) is 0 Å². The van der Waals surface area contributed by atoms with Crippen molar-refractivity contribution in [2.45, 2.75) is 20.8 Å². The van der Waals surface area contributed by atoms with Crippen molar-refractivity contribution in [3.8, 4) is 5.75 Å². The Bertz CT molecular complexity index is 518. The Kier molecular flexibility index (Phi) is 3.29. The summed E-state index contributed by atoms with van der Waals surface area (Å²) in [5.41, 5.74) is 3.16. The molecule has 0 atom stereocenters. The van der Waals surface area contributed by atoms with E-state index in [4.69, 9.17) is 4.74 Å². The molecule has 0 radical (unpaired) electrons. The summed E-state index contributed by atoms with van der Waals surface area (Å²) in [6, 6.07) is 7.65. The Hall–Kier alpha value is -1.61. The molecule has 0 saturated heterocycles. The number of aryl methyl sites for hydroxylation is 3. The van der Waals surface area contributed by atoms with Gasteiger partial charge in [0.15, 0.2) is 0 Å². The molecule has 1 aromatic heterocycles. The first-order chi connectivity index (χ1) is 8.08. The Morgan fingerprint density at radius 2 is 1.82 bits per heavy atom. The molecule has 0 unspecified atom stereocenters. The van der Waals surface area contributed by atoms with Crippen LogP contribution in [0, 0.1) is 20.8 Å². The van der Waals surface area contributed by atoms with E-state index in [0.717, 1.165) is 11.1 Å². The molecule has 0 saturated carbocycles. The lowest BCUT2D eigenvalue weighted by Gasteiger charge is -2.10. The SMILES string of the molecule is Cc1cc(C)c(OC(=O)c2cccs2)c(C)c1. The summed E-state index contributed by atoms with van der Waals surface area (Å²) in [6.45, 7) is 5.94. The van der Waals surface area contributed by atoms with E-state index in [1.54, 1.807) is 6.07 Å². The first-order valence-corrected chi connectivity index (χ1v) is 6.29. The molecule has 2 nitrogen and oxygen atoms in total. The minimum absolute atomic E-state index is 0.282. The highest BCUT2D eigenvalue weighted by atomic mass is 32.1.